The number of hydrogen-bond acceptors (Lipinski definition) is 1. The quantitative estimate of drug-likeness (QED) is 0.566. The molecular weight excluding hydrogens is 330 g/mol. The minimum atomic E-state index is 0.0120. The summed E-state index contributed by atoms with van der Waals surface area (Å²) in [6.45, 7) is 17.3. The van der Waals surface area contributed by atoms with E-state index in [1.807, 2.05) is 0 Å². The largest absolute Gasteiger partial charge is 0.321 e. The molecule has 2 aromatic rings. The van der Waals surface area contributed by atoms with Crippen molar-refractivity contribution in [3.63, 3.8) is 0 Å². The Balaban J connectivity index is 2.60. The zero-order valence-corrected chi connectivity index (χ0v) is 18.2. The Labute approximate surface area is 165 Å². The second kappa shape index (κ2) is 8.73. The van der Waals surface area contributed by atoms with Crippen molar-refractivity contribution in [1.29, 1.82) is 0 Å². The molecule has 0 saturated heterocycles. The summed E-state index contributed by atoms with van der Waals surface area (Å²) in [5.41, 5.74) is 6.46. The second-order valence-corrected chi connectivity index (χ2v) is 8.70. The number of carbonyl (C=O) groups is 1. The van der Waals surface area contributed by atoms with Crippen LogP contribution in [0.4, 0.5) is 5.69 Å². The van der Waals surface area contributed by atoms with Crippen LogP contribution in [-0.4, -0.2) is 5.91 Å². The first kappa shape index (κ1) is 21.2. The van der Waals surface area contributed by atoms with E-state index >= 15 is 0 Å². The summed E-state index contributed by atoms with van der Waals surface area (Å²) in [5.74, 6) is 1.31. The molecule has 1 amide bonds. The molecule has 1 N–H and O–H groups in total. The van der Waals surface area contributed by atoms with Crippen molar-refractivity contribution in [1.82, 2.24) is 0 Å². The molecule has 27 heavy (non-hydrogen) atoms. The highest BCUT2D eigenvalue weighted by molar-refractivity contribution is 6.07. The minimum Gasteiger partial charge on any atom is -0.321 e. The van der Waals surface area contributed by atoms with Crippen LogP contribution in [0.5, 0.6) is 0 Å². The van der Waals surface area contributed by atoms with Gasteiger partial charge in [0.15, 0.2) is 0 Å². The number of anilines is 1. The molecule has 0 aliphatic carbocycles. The van der Waals surface area contributed by atoms with Crippen LogP contribution in [0.25, 0.3) is 0 Å². The van der Waals surface area contributed by atoms with Crippen molar-refractivity contribution in [2.24, 2.45) is 0 Å². The summed E-state index contributed by atoms with van der Waals surface area (Å²) in [6, 6.07) is 12.6. The lowest BCUT2D eigenvalue weighted by molar-refractivity contribution is 0.102. The molecule has 146 valence electrons. The molecular formula is C25H35NO. The van der Waals surface area contributed by atoms with E-state index in [-0.39, 0.29) is 5.91 Å². The smallest absolute Gasteiger partial charge is 0.256 e. The van der Waals surface area contributed by atoms with Gasteiger partial charge in [0.2, 0.25) is 0 Å². The topological polar surface area (TPSA) is 29.1 Å². The molecule has 0 aromatic heterocycles. The van der Waals surface area contributed by atoms with Crippen LogP contribution in [-0.2, 0) is 0 Å². The highest BCUT2D eigenvalue weighted by Crippen LogP contribution is 2.34. The standard InChI is InChI=1S/C25H35NO/c1-15(2)19-11-9-12-20(16(3)4)23(19)25(27)26-24-21(17(5)6)13-10-14-22(24)18(7)8/h9-18H,1-8H3,(H,26,27). The fourth-order valence-corrected chi connectivity index (χ4v) is 3.68. The van der Waals surface area contributed by atoms with Crippen molar-refractivity contribution in [3.05, 3.63) is 64.2 Å². The maximum absolute atomic E-state index is 13.5. The lowest BCUT2D eigenvalue weighted by atomic mass is 9.87. The van der Waals surface area contributed by atoms with Crippen molar-refractivity contribution < 1.29 is 4.79 Å². The van der Waals surface area contributed by atoms with E-state index in [9.17, 15) is 4.79 Å². The van der Waals surface area contributed by atoms with Gasteiger partial charge in [-0.05, 0) is 45.9 Å². The van der Waals surface area contributed by atoms with E-state index in [0.29, 0.717) is 23.7 Å². The molecule has 2 aromatic carbocycles. The zero-order chi connectivity index (χ0) is 20.3. The van der Waals surface area contributed by atoms with Gasteiger partial charge in [-0.2, -0.15) is 0 Å². The van der Waals surface area contributed by atoms with Gasteiger partial charge in [-0.25, -0.2) is 0 Å². The first-order valence-electron chi connectivity index (χ1n) is 10.2. The highest BCUT2D eigenvalue weighted by atomic mass is 16.1. The Bertz CT molecular complexity index is 747. The van der Waals surface area contributed by atoms with Crippen molar-refractivity contribution in [2.45, 2.75) is 79.1 Å². The number of hydrogen-bond donors (Lipinski definition) is 1. The van der Waals surface area contributed by atoms with Gasteiger partial charge in [-0.3, -0.25) is 4.79 Å². The number of para-hydroxylation sites is 1. The summed E-state index contributed by atoms with van der Waals surface area (Å²) in [7, 11) is 0. The van der Waals surface area contributed by atoms with Crippen LogP contribution < -0.4 is 5.32 Å². The third-order valence-corrected chi connectivity index (χ3v) is 5.21. The average Bonchev–Trinajstić information content (AvgIpc) is 2.60. The monoisotopic (exact) mass is 365 g/mol. The Hall–Kier alpha value is -2.09. The lowest BCUT2D eigenvalue weighted by Crippen LogP contribution is -2.20. The highest BCUT2D eigenvalue weighted by Gasteiger charge is 2.22. The van der Waals surface area contributed by atoms with Crippen LogP contribution in [0.2, 0.25) is 0 Å². The van der Waals surface area contributed by atoms with Gasteiger partial charge in [0.25, 0.3) is 5.91 Å². The van der Waals surface area contributed by atoms with Crippen LogP contribution in [0, 0.1) is 0 Å². The maximum atomic E-state index is 13.5. The first-order valence-corrected chi connectivity index (χ1v) is 10.2. The normalized spacial score (nSPS) is 11.7. The molecule has 0 aliphatic rings. The van der Waals surface area contributed by atoms with Crippen molar-refractivity contribution >= 4 is 11.6 Å². The summed E-state index contributed by atoms with van der Waals surface area (Å²) in [4.78, 5) is 13.5. The number of benzene rings is 2. The van der Waals surface area contributed by atoms with Crippen molar-refractivity contribution in [3.8, 4) is 0 Å². The predicted molar refractivity (Wildman–Crippen MR) is 117 cm³/mol. The Morgan fingerprint density at radius 1 is 0.630 bits per heavy atom. The number of amides is 1. The Morgan fingerprint density at radius 3 is 1.30 bits per heavy atom. The molecule has 2 rings (SSSR count). The third kappa shape index (κ3) is 4.61. The average molecular weight is 366 g/mol. The molecule has 0 atom stereocenters. The Morgan fingerprint density at radius 2 is 0.963 bits per heavy atom. The molecule has 0 fully saturated rings. The number of carbonyl (C=O) groups excluding carboxylic acids is 1. The molecule has 0 bridgehead atoms. The van der Waals surface area contributed by atoms with Crippen LogP contribution >= 0.6 is 0 Å². The van der Waals surface area contributed by atoms with Gasteiger partial charge >= 0.3 is 0 Å². The van der Waals surface area contributed by atoms with Gasteiger partial charge < -0.3 is 5.32 Å². The van der Waals surface area contributed by atoms with Crippen LogP contribution in [0.3, 0.4) is 0 Å². The summed E-state index contributed by atoms with van der Waals surface area (Å²) in [5, 5.41) is 3.31. The zero-order valence-electron chi connectivity index (χ0n) is 18.2. The lowest BCUT2D eigenvalue weighted by Gasteiger charge is -2.23. The molecule has 0 aliphatic heterocycles. The minimum absolute atomic E-state index is 0.0120. The van der Waals surface area contributed by atoms with E-state index < -0.39 is 0 Å². The Kier molecular flexibility index (Phi) is 6.86. The van der Waals surface area contributed by atoms with E-state index in [1.165, 1.54) is 11.1 Å². The summed E-state index contributed by atoms with van der Waals surface area (Å²) >= 11 is 0. The number of rotatable bonds is 6. The van der Waals surface area contributed by atoms with E-state index in [1.54, 1.807) is 0 Å². The summed E-state index contributed by atoms with van der Waals surface area (Å²) < 4.78 is 0. The third-order valence-electron chi connectivity index (χ3n) is 5.21. The van der Waals surface area contributed by atoms with E-state index in [2.05, 4.69) is 97.1 Å². The van der Waals surface area contributed by atoms with Crippen LogP contribution in [0.15, 0.2) is 36.4 Å². The first-order chi connectivity index (χ1) is 12.6. The molecule has 0 radical (unpaired) electrons. The van der Waals surface area contributed by atoms with E-state index in [0.717, 1.165) is 22.4 Å². The van der Waals surface area contributed by atoms with Gasteiger partial charge in [0.1, 0.15) is 0 Å². The number of nitrogens with one attached hydrogen (secondary N) is 1. The fourth-order valence-electron chi connectivity index (χ4n) is 3.68. The maximum Gasteiger partial charge on any atom is 0.256 e. The molecule has 0 heterocycles. The molecule has 0 unspecified atom stereocenters. The van der Waals surface area contributed by atoms with Crippen LogP contribution in [0.1, 0.15) is 112 Å². The van der Waals surface area contributed by atoms with Gasteiger partial charge in [-0.15, -0.1) is 0 Å². The van der Waals surface area contributed by atoms with E-state index in [4.69, 9.17) is 0 Å². The van der Waals surface area contributed by atoms with Gasteiger partial charge in [0.05, 0.1) is 0 Å². The summed E-state index contributed by atoms with van der Waals surface area (Å²) in [6.07, 6.45) is 0. The van der Waals surface area contributed by atoms with Gasteiger partial charge in [0, 0.05) is 11.3 Å². The molecule has 0 spiro atoms. The molecule has 2 heteroatoms. The van der Waals surface area contributed by atoms with Crippen molar-refractivity contribution in [2.75, 3.05) is 5.32 Å². The second-order valence-electron chi connectivity index (χ2n) is 8.70. The van der Waals surface area contributed by atoms with Gasteiger partial charge in [-0.1, -0.05) is 91.8 Å². The molecule has 2 nitrogen and oxygen atoms in total. The molecule has 0 saturated carbocycles. The fraction of sp³-hybridized carbons (Fsp3) is 0.480. The SMILES string of the molecule is CC(C)c1cccc(C(C)C)c1NC(=O)c1c(C(C)C)cccc1C(C)C. The predicted octanol–water partition coefficient (Wildman–Crippen LogP) is 7.43.